The van der Waals surface area contributed by atoms with Crippen molar-refractivity contribution in [1.29, 1.82) is 0 Å². The molecule has 0 aromatic carbocycles. The van der Waals surface area contributed by atoms with Crippen LogP contribution in [-0.4, -0.2) is 10.9 Å². The second kappa shape index (κ2) is 6.45. The van der Waals surface area contributed by atoms with Gasteiger partial charge in [0, 0.05) is 15.9 Å². The van der Waals surface area contributed by atoms with Crippen LogP contribution in [0.3, 0.4) is 0 Å². The van der Waals surface area contributed by atoms with E-state index in [0.29, 0.717) is 6.04 Å². The lowest BCUT2D eigenvalue weighted by Crippen LogP contribution is -2.33. The average molecular weight is 330 g/mol. The Morgan fingerprint density at radius 2 is 1.90 bits per heavy atom. The Hall–Kier alpha value is -1.28. The molecule has 20 heavy (non-hydrogen) atoms. The number of hydrogen-bond donors (Lipinski definition) is 0. The summed E-state index contributed by atoms with van der Waals surface area (Å²) in [7, 11) is 0. The number of halogens is 1. The summed E-state index contributed by atoms with van der Waals surface area (Å²) in [6, 6.07) is 0.433. The van der Waals surface area contributed by atoms with Gasteiger partial charge in [-0.3, -0.25) is 0 Å². The molecule has 0 aliphatic heterocycles. The highest BCUT2D eigenvalue weighted by molar-refractivity contribution is 9.11. The van der Waals surface area contributed by atoms with Crippen molar-refractivity contribution >= 4 is 15.9 Å². The maximum atomic E-state index is 3.75. The number of allylic oxidation sites excluding steroid dienone is 9. The van der Waals surface area contributed by atoms with E-state index in [1.54, 1.807) is 0 Å². The quantitative estimate of drug-likeness (QED) is 0.673. The molecule has 0 bridgehead atoms. The van der Waals surface area contributed by atoms with Crippen LogP contribution >= 0.6 is 15.9 Å². The summed E-state index contributed by atoms with van der Waals surface area (Å²) in [5, 5.41) is 0. The monoisotopic (exact) mass is 329 g/mol. The van der Waals surface area contributed by atoms with E-state index >= 15 is 0 Å². The Morgan fingerprint density at radius 3 is 2.60 bits per heavy atom. The van der Waals surface area contributed by atoms with Crippen LogP contribution in [-0.2, 0) is 0 Å². The van der Waals surface area contributed by atoms with Crippen molar-refractivity contribution in [2.75, 3.05) is 0 Å². The van der Waals surface area contributed by atoms with Crippen LogP contribution in [0.4, 0.5) is 0 Å². The minimum absolute atomic E-state index is 0.433. The molecule has 1 unspecified atom stereocenters. The average Bonchev–Trinajstić information content (AvgIpc) is 2.52. The normalized spacial score (nSPS) is 25.1. The summed E-state index contributed by atoms with van der Waals surface area (Å²) in [6.45, 7) is 0. The van der Waals surface area contributed by atoms with E-state index < -0.39 is 0 Å². The first kappa shape index (κ1) is 13.7. The van der Waals surface area contributed by atoms with Crippen molar-refractivity contribution in [2.24, 2.45) is 0 Å². The predicted molar refractivity (Wildman–Crippen MR) is 89.3 cm³/mol. The Kier molecular flexibility index (Phi) is 4.41. The molecule has 0 spiro atoms. The third-order valence-corrected chi connectivity index (χ3v) is 4.64. The highest BCUT2D eigenvalue weighted by Gasteiger charge is 2.24. The van der Waals surface area contributed by atoms with E-state index in [9.17, 15) is 0 Å². The molecule has 0 saturated carbocycles. The van der Waals surface area contributed by atoms with Crippen molar-refractivity contribution in [2.45, 2.75) is 38.1 Å². The van der Waals surface area contributed by atoms with E-state index in [1.165, 1.54) is 15.9 Å². The molecular weight excluding hydrogens is 310 g/mol. The second-order valence-corrected chi connectivity index (χ2v) is 6.18. The zero-order valence-corrected chi connectivity index (χ0v) is 13.2. The van der Waals surface area contributed by atoms with Gasteiger partial charge in [-0.1, -0.05) is 48.6 Å². The van der Waals surface area contributed by atoms with Gasteiger partial charge in [0.25, 0.3) is 0 Å². The SMILES string of the molecule is BrC1=C(N(C2=CCCC=C2)C2C=CC=CC2)CCC=C1. The van der Waals surface area contributed by atoms with Crippen molar-refractivity contribution in [3.63, 3.8) is 0 Å². The first-order valence-corrected chi connectivity index (χ1v) is 8.20. The van der Waals surface area contributed by atoms with Crippen LogP contribution in [0.1, 0.15) is 32.1 Å². The van der Waals surface area contributed by atoms with E-state index in [2.05, 4.69) is 75.5 Å². The third-order valence-electron chi connectivity index (χ3n) is 3.92. The summed E-state index contributed by atoms with van der Waals surface area (Å²) in [4.78, 5) is 2.52. The molecular formula is C18H20BrN. The molecule has 0 N–H and O–H groups in total. The molecule has 3 rings (SSSR count). The molecule has 104 valence electrons. The van der Waals surface area contributed by atoms with Gasteiger partial charge < -0.3 is 4.90 Å². The Morgan fingerprint density at radius 1 is 1.00 bits per heavy atom. The molecule has 2 heteroatoms. The van der Waals surface area contributed by atoms with Gasteiger partial charge in [-0.05, 0) is 54.1 Å². The van der Waals surface area contributed by atoms with Gasteiger partial charge in [-0.25, -0.2) is 0 Å². The lowest BCUT2D eigenvalue weighted by atomic mass is 10.00. The van der Waals surface area contributed by atoms with Gasteiger partial charge in [0.15, 0.2) is 0 Å². The summed E-state index contributed by atoms with van der Waals surface area (Å²) in [5.41, 5.74) is 2.76. The summed E-state index contributed by atoms with van der Waals surface area (Å²) in [6.07, 6.45) is 25.9. The molecule has 3 aliphatic rings. The number of hydrogen-bond acceptors (Lipinski definition) is 1. The van der Waals surface area contributed by atoms with E-state index in [0.717, 1.165) is 32.1 Å². The first-order chi connectivity index (χ1) is 9.86. The molecule has 0 fully saturated rings. The fourth-order valence-corrected chi connectivity index (χ4v) is 3.52. The minimum Gasteiger partial charge on any atom is -0.337 e. The van der Waals surface area contributed by atoms with E-state index in [4.69, 9.17) is 0 Å². The first-order valence-electron chi connectivity index (χ1n) is 7.41. The van der Waals surface area contributed by atoms with Gasteiger partial charge in [0.1, 0.15) is 0 Å². The summed E-state index contributed by atoms with van der Waals surface area (Å²) < 4.78 is 1.23. The van der Waals surface area contributed by atoms with Crippen LogP contribution < -0.4 is 0 Å². The van der Waals surface area contributed by atoms with Gasteiger partial charge in [0.05, 0.1) is 6.04 Å². The van der Waals surface area contributed by atoms with Crippen LogP contribution in [0.2, 0.25) is 0 Å². The molecule has 0 radical (unpaired) electrons. The van der Waals surface area contributed by atoms with Gasteiger partial charge in [0.2, 0.25) is 0 Å². The van der Waals surface area contributed by atoms with Crippen molar-refractivity contribution in [3.8, 4) is 0 Å². The lowest BCUT2D eigenvalue weighted by molar-refractivity contribution is 0.355. The highest BCUT2D eigenvalue weighted by Crippen LogP contribution is 2.34. The maximum absolute atomic E-state index is 3.75. The Bertz CT molecular complexity index is 546. The van der Waals surface area contributed by atoms with Crippen LogP contribution in [0.5, 0.6) is 0 Å². The zero-order chi connectivity index (χ0) is 13.8. The molecule has 0 saturated heterocycles. The Balaban J connectivity index is 1.97. The van der Waals surface area contributed by atoms with Gasteiger partial charge in [-0.15, -0.1) is 0 Å². The van der Waals surface area contributed by atoms with E-state index in [1.807, 2.05) is 0 Å². The highest BCUT2D eigenvalue weighted by atomic mass is 79.9. The minimum atomic E-state index is 0.433. The predicted octanol–water partition coefficient (Wildman–Crippen LogP) is 5.36. The van der Waals surface area contributed by atoms with Gasteiger partial charge in [-0.2, -0.15) is 0 Å². The molecule has 0 amide bonds. The van der Waals surface area contributed by atoms with Crippen LogP contribution in [0.15, 0.2) is 70.6 Å². The summed E-state index contributed by atoms with van der Waals surface area (Å²) in [5.74, 6) is 0. The Labute approximate surface area is 129 Å². The molecule has 0 aromatic rings. The fourth-order valence-electron chi connectivity index (χ4n) is 2.94. The fraction of sp³-hybridized carbons (Fsp3) is 0.333. The second-order valence-electron chi connectivity index (χ2n) is 5.33. The van der Waals surface area contributed by atoms with Crippen molar-refractivity contribution in [1.82, 2.24) is 4.90 Å². The third kappa shape index (κ3) is 2.90. The lowest BCUT2D eigenvalue weighted by Gasteiger charge is -2.37. The summed E-state index contributed by atoms with van der Waals surface area (Å²) >= 11 is 3.75. The number of nitrogens with zero attached hydrogens (tertiary/aromatic N) is 1. The number of rotatable bonds is 3. The molecule has 3 aliphatic carbocycles. The topological polar surface area (TPSA) is 3.24 Å². The van der Waals surface area contributed by atoms with Crippen LogP contribution in [0, 0.1) is 0 Å². The van der Waals surface area contributed by atoms with Crippen LogP contribution in [0.25, 0.3) is 0 Å². The maximum Gasteiger partial charge on any atom is 0.0557 e. The largest absolute Gasteiger partial charge is 0.337 e. The molecule has 0 aromatic heterocycles. The molecule has 1 atom stereocenters. The standard InChI is InChI=1S/C18H20BrN/c19-17-13-7-8-14-18(17)20(15-9-3-1-4-10-15)16-11-5-2-6-12-16/h1,3-5,7,9,11-13,15H,2,6,8,10,14H2. The molecule has 1 nitrogen and oxygen atoms in total. The van der Waals surface area contributed by atoms with Crippen molar-refractivity contribution < 1.29 is 0 Å². The smallest absolute Gasteiger partial charge is 0.0557 e. The van der Waals surface area contributed by atoms with Gasteiger partial charge >= 0.3 is 0 Å². The zero-order valence-electron chi connectivity index (χ0n) is 11.6. The van der Waals surface area contributed by atoms with E-state index in [-0.39, 0.29) is 0 Å². The van der Waals surface area contributed by atoms with Crippen molar-refractivity contribution in [3.05, 3.63) is 70.6 Å². The molecule has 0 heterocycles.